The van der Waals surface area contributed by atoms with Crippen molar-refractivity contribution in [3.63, 3.8) is 0 Å². The number of amides is 1. The molecule has 0 unspecified atom stereocenters. The third kappa shape index (κ3) is 4.62. The number of aromatic nitrogens is 1. The monoisotopic (exact) mass is 430 g/mol. The zero-order chi connectivity index (χ0) is 18.5. The van der Waals surface area contributed by atoms with E-state index in [9.17, 15) is 9.59 Å². The van der Waals surface area contributed by atoms with Crippen LogP contribution in [0.15, 0.2) is 76.1 Å². The van der Waals surface area contributed by atoms with Crippen LogP contribution in [0.25, 0.3) is 0 Å². The highest BCUT2D eigenvalue weighted by Crippen LogP contribution is 2.16. The van der Waals surface area contributed by atoms with Crippen LogP contribution in [0.5, 0.6) is 0 Å². The third-order valence-electron chi connectivity index (χ3n) is 3.89. The van der Waals surface area contributed by atoms with Crippen molar-refractivity contribution < 1.29 is 4.79 Å². The molecule has 3 aromatic rings. The van der Waals surface area contributed by atoms with Crippen LogP contribution >= 0.6 is 27.5 Å². The molecule has 1 heterocycles. The van der Waals surface area contributed by atoms with Crippen molar-refractivity contribution >= 4 is 33.4 Å². The Kier molecular flexibility index (Phi) is 5.91. The number of hydrogen-bond acceptors (Lipinski definition) is 2. The maximum absolute atomic E-state index is 12.4. The van der Waals surface area contributed by atoms with Crippen LogP contribution in [0.3, 0.4) is 0 Å². The Morgan fingerprint density at radius 2 is 1.88 bits per heavy atom. The molecule has 0 aliphatic heterocycles. The summed E-state index contributed by atoms with van der Waals surface area (Å²) >= 11 is 9.57. The van der Waals surface area contributed by atoms with E-state index in [1.807, 2.05) is 42.5 Å². The average molecular weight is 432 g/mol. The predicted molar refractivity (Wildman–Crippen MR) is 107 cm³/mol. The molecule has 0 saturated carbocycles. The van der Waals surface area contributed by atoms with Gasteiger partial charge in [0.05, 0.1) is 12.1 Å². The van der Waals surface area contributed by atoms with E-state index in [2.05, 4.69) is 21.2 Å². The van der Waals surface area contributed by atoms with Crippen LogP contribution in [-0.2, 0) is 13.1 Å². The molecule has 1 N–H and O–H groups in total. The minimum atomic E-state index is -0.238. The largest absolute Gasteiger partial charge is 0.348 e. The van der Waals surface area contributed by atoms with Crippen LogP contribution in [-0.4, -0.2) is 10.5 Å². The van der Waals surface area contributed by atoms with Gasteiger partial charge in [0.2, 0.25) is 0 Å². The minimum Gasteiger partial charge on any atom is -0.348 e. The van der Waals surface area contributed by atoms with Gasteiger partial charge in [0.25, 0.3) is 11.5 Å². The number of hydrogen-bond donors (Lipinski definition) is 1. The fourth-order valence-corrected chi connectivity index (χ4v) is 3.17. The molecule has 4 nitrogen and oxygen atoms in total. The Morgan fingerprint density at radius 1 is 1.08 bits per heavy atom. The lowest BCUT2D eigenvalue weighted by atomic mass is 10.2. The summed E-state index contributed by atoms with van der Waals surface area (Å²) in [5.74, 6) is -0.238. The first-order chi connectivity index (χ1) is 12.5. The first-order valence-electron chi connectivity index (χ1n) is 7.99. The van der Waals surface area contributed by atoms with Crippen molar-refractivity contribution in [2.24, 2.45) is 0 Å². The van der Waals surface area contributed by atoms with Crippen molar-refractivity contribution in [2.75, 3.05) is 0 Å². The number of pyridine rings is 1. The van der Waals surface area contributed by atoms with Gasteiger partial charge in [-0.05, 0) is 35.4 Å². The highest BCUT2D eigenvalue weighted by Gasteiger charge is 2.09. The van der Waals surface area contributed by atoms with E-state index in [1.165, 1.54) is 16.7 Å². The summed E-state index contributed by atoms with van der Waals surface area (Å²) in [5, 5.41) is 3.45. The summed E-state index contributed by atoms with van der Waals surface area (Å²) in [6.07, 6.45) is 1.56. The highest BCUT2D eigenvalue weighted by molar-refractivity contribution is 9.10. The number of carbonyl (C=O) groups excluding carboxylic acids is 1. The second-order valence-electron chi connectivity index (χ2n) is 5.79. The van der Waals surface area contributed by atoms with Gasteiger partial charge >= 0.3 is 0 Å². The molecule has 0 saturated heterocycles. The average Bonchev–Trinajstić information content (AvgIpc) is 2.63. The van der Waals surface area contributed by atoms with Gasteiger partial charge in [-0.3, -0.25) is 9.59 Å². The normalized spacial score (nSPS) is 10.5. The summed E-state index contributed by atoms with van der Waals surface area (Å²) in [6.45, 7) is 0.715. The standard InChI is InChI=1S/C20H16BrClN2O2/c21-17-6-3-4-14(10-17)11-23-20(26)16-8-9-19(25)24(13-16)12-15-5-1-2-7-18(15)22/h1-10,13H,11-12H2,(H,23,26). The Morgan fingerprint density at radius 3 is 2.65 bits per heavy atom. The number of nitrogens with zero attached hydrogens (tertiary/aromatic N) is 1. The molecule has 26 heavy (non-hydrogen) atoms. The smallest absolute Gasteiger partial charge is 0.253 e. The molecular formula is C20H16BrClN2O2. The zero-order valence-electron chi connectivity index (χ0n) is 13.8. The second kappa shape index (κ2) is 8.34. The molecule has 0 fully saturated rings. The van der Waals surface area contributed by atoms with Gasteiger partial charge in [-0.2, -0.15) is 0 Å². The fraction of sp³-hybridized carbons (Fsp3) is 0.100. The number of benzene rings is 2. The van der Waals surface area contributed by atoms with E-state index >= 15 is 0 Å². The SMILES string of the molecule is O=C(NCc1cccc(Br)c1)c1ccc(=O)n(Cc2ccccc2Cl)c1. The molecule has 0 aliphatic carbocycles. The molecule has 1 aromatic heterocycles. The van der Waals surface area contributed by atoms with Crippen LogP contribution in [0.1, 0.15) is 21.5 Å². The summed E-state index contributed by atoms with van der Waals surface area (Å²) in [5.41, 5.74) is 2.04. The topological polar surface area (TPSA) is 51.1 Å². The van der Waals surface area contributed by atoms with Gasteiger partial charge in [0.15, 0.2) is 0 Å². The maximum Gasteiger partial charge on any atom is 0.253 e. The first-order valence-corrected chi connectivity index (χ1v) is 9.16. The van der Waals surface area contributed by atoms with Crippen molar-refractivity contribution in [1.82, 2.24) is 9.88 Å². The van der Waals surface area contributed by atoms with Gasteiger partial charge < -0.3 is 9.88 Å². The van der Waals surface area contributed by atoms with E-state index < -0.39 is 0 Å². The van der Waals surface area contributed by atoms with Gasteiger partial charge in [0, 0.05) is 28.3 Å². The molecule has 3 rings (SSSR count). The number of carbonyl (C=O) groups is 1. The number of rotatable bonds is 5. The lowest BCUT2D eigenvalue weighted by Crippen LogP contribution is -2.26. The van der Waals surface area contributed by atoms with Gasteiger partial charge in [0.1, 0.15) is 0 Å². The highest BCUT2D eigenvalue weighted by atomic mass is 79.9. The Labute approximate surface area is 164 Å². The molecule has 2 aromatic carbocycles. The van der Waals surface area contributed by atoms with Crippen LogP contribution in [0.2, 0.25) is 5.02 Å². The summed E-state index contributed by atoms with van der Waals surface area (Å²) < 4.78 is 2.44. The molecule has 0 atom stereocenters. The van der Waals surface area contributed by atoms with Gasteiger partial charge in [-0.1, -0.05) is 57.9 Å². The number of nitrogens with one attached hydrogen (secondary N) is 1. The molecule has 0 bridgehead atoms. The van der Waals surface area contributed by atoms with Crippen molar-refractivity contribution in [3.05, 3.63) is 103 Å². The molecule has 0 spiro atoms. The molecule has 132 valence electrons. The molecule has 1 amide bonds. The van der Waals surface area contributed by atoms with Gasteiger partial charge in [-0.25, -0.2) is 0 Å². The molecule has 0 aliphatic rings. The Bertz CT molecular complexity index is 1000. The molecular weight excluding hydrogens is 416 g/mol. The third-order valence-corrected chi connectivity index (χ3v) is 4.75. The Balaban J connectivity index is 1.75. The zero-order valence-corrected chi connectivity index (χ0v) is 16.1. The van der Waals surface area contributed by atoms with Crippen molar-refractivity contribution in [1.29, 1.82) is 0 Å². The first kappa shape index (κ1) is 18.4. The van der Waals surface area contributed by atoms with E-state index in [4.69, 9.17) is 11.6 Å². The lowest BCUT2D eigenvalue weighted by Gasteiger charge is -2.10. The lowest BCUT2D eigenvalue weighted by molar-refractivity contribution is 0.0950. The summed E-state index contributed by atoms with van der Waals surface area (Å²) in [4.78, 5) is 24.5. The van der Waals surface area contributed by atoms with Crippen LogP contribution < -0.4 is 10.9 Å². The van der Waals surface area contributed by atoms with E-state index in [-0.39, 0.29) is 11.5 Å². The predicted octanol–water partition coefficient (Wildman–Crippen LogP) is 4.24. The number of halogens is 2. The fourth-order valence-electron chi connectivity index (χ4n) is 2.53. The van der Waals surface area contributed by atoms with Gasteiger partial charge in [-0.15, -0.1) is 0 Å². The van der Waals surface area contributed by atoms with Crippen LogP contribution in [0.4, 0.5) is 0 Å². The van der Waals surface area contributed by atoms with E-state index in [0.29, 0.717) is 23.7 Å². The van der Waals surface area contributed by atoms with E-state index in [1.54, 1.807) is 12.3 Å². The minimum absolute atomic E-state index is 0.187. The summed E-state index contributed by atoms with van der Waals surface area (Å²) in [7, 11) is 0. The molecule has 6 heteroatoms. The Hall–Kier alpha value is -2.37. The molecule has 0 radical (unpaired) electrons. The maximum atomic E-state index is 12.4. The quantitative estimate of drug-likeness (QED) is 0.657. The van der Waals surface area contributed by atoms with E-state index in [0.717, 1.165) is 15.6 Å². The second-order valence-corrected chi connectivity index (χ2v) is 7.11. The van der Waals surface area contributed by atoms with Crippen molar-refractivity contribution in [3.8, 4) is 0 Å². The van der Waals surface area contributed by atoms with Crippen molar-refractivity contribution in [2.45, 2.75) is 13.1 Å². The van der Waals surface area contributed by atoms with Crippen LogP contribution in [0, 0.1) is 0 Å². The summed E-state index contributed by atoms with van der Waals surface area (Å²) in [6, 6.07) is 18.0.